The predicted molar refractivity (Wildman–Crippen MR) is 114 cm³/mol. The molecule has 0 bridgehead atoms. The van der Waals surface area contributed by atoms with Gasteiger partial charge in [0.05, 0.1) is 14.2 Å². The summed E-state index contributed by atoms with van der Waals surface area (Å²) in [6.45, 7) is 8.09. The largest absolute Gasteiger partial charge is 0.507 e. The van der Waals surface area contributed by atoms with Crippen LogP contribution in [0.2, 0.25) is 0 Å². The van der Waals surface area contributed by atoms with E-state index in [-0.39, 0.29) is 5.75 Å². The number of allylic oxidation sites excluding steroid dienone is 2. The first kappa shape index (κ1) is 19.9. The van der Waals surface area contributed by atoms with Crippen LogP contribution in [0.1, 0.15) is 38.8 Å². The van der Waals surface area contributed by atoms with E-state index in [2.05, 4.69) is 6.08 Å². The van der Waals surface area contributed by atoms with Gasteiger partial charge in [0.1, 0.15) is 28.6 Å². The Balaban J connectivity index is 2.25. The lowest BCUT2D eigenvalue weighted by Gasteiger charge is -2.30. The summed E-state index contributed by atoms with van der Waals surface area (Å²) in [5, 5.41) is 11.1. The van der Waals surface area contributed by atoms with Crippen LogP contribution < -0.4 is 14.2 Å². The van der Waals surface area contributed by atoms with Crippen LogP contribution in [-0.2, 0) is 6.42 Å². The maximum Gasteiger partial charge on any atom is 0.136 e. The third-order valence-electron chi connectivity index (χ3n) is 4.77. The van der Waals surface area contributed by atoms with Crippen LogP contribution in [0.15, 0.2) is 42.0 Å². The van der Waals surface area contributed by atoms with Gasteiger partial charge in [-0.25, -0.2) is 0 Å². The Morgan fingerprint density at radius 3 is 2.32 bits per heavy atom. The molecule has 4 heteroatoms. The maximum atomic E-state index is 11.1. The summed E-state index contributed by atoms with van der Waals surface area (Å²) in [6, 6.07) is 7.54. The van der Waals surface area contributed by atoms with Gasteiger partial charge < -0.3 is 19.3 Å². The Morgan fingerprint density at radius 2 is 1.68 bits per heavy atom. The van der Waals surface area contributed by atoms with Crippen LogP contribution in [0.5, 0.6) is 23.0 Å². The molecule has 4 nitrogen and oxygen atoms in total. The molecule has 28 heavy (non-hydrogen) atoms. The van der Waals surface area contributed by atoms with E-state index >= 15 is 0 Å². The number of methoxy groups -OCH3 is 2. The second-order valence-corrected chi connectivity index (χ2v) is 7.80. The molecule has 0 aromatic heterocycles. The number of phenolic OH excluding ortho intramolecular Hbond substituents is 1. The van der Waals surface area contributed by atoms with Crippen molar-refractivity contribution in [3.63, 3.8) is 0 Å². The first-order valence-electron chi connectivity index (χ1n) is 9.38. The number of benzene rings is 2. The van der Waals surface area contributed by atoms with Crippen LogP contribution >= 0.6 is 0 Å². The number of ether oxygens (including phenoxy) is 3. The van der Waals surface area contributed by atoms with Crippen LogP contribution in [-0.4, -0.2) is 24.9 Å². The van der Waals surface area contributed by atoms with Crippen molar-refractivity contribution in [1.29, 1.82) is 0 Å². The standard InChI is InChI=1S/C24H28O4/c1-15(2)7-8-16-11-18(26-5)13-20(22(16)25)21-14-19(27-6)12-17-9-10-24(3,4)28-23(17)21/h7,9-14,25H,8H2,1-6H3. The molecule has 2 aromatic carbocycles. The molecular formula is C24H28O4. The molecule has 3 rings (SSSR count). The van der Waals surface area contributed by atoms with Gasteiger partial charge in [-0.2, -0.15) is 0 Å². The normalized spacial score (nSPS) is 14.1. The highest BCUT2D eigenvalue weighted by Gasteiger charge is 2.27. The average Bonchev–Trinajstić information content (AvgIpc) is 2.66. The lowest BCUT2D eigenvalue weighted by atomic mass is 9.93. The minimum atomic E-state index is -0.435. The van der Waals surface area contributed by atoms with Crippen LogP contribution in [0.25, 0.3) is 17.2 Å². The smallest absolute Gasteiger partial charge is 0.136 e. The van der Waals surface area contributed by atoms with Crippen molar-refractivity contribution in [3.05, 3.63) is 53.1 Å². The molecule has 0 radical (unpaired) electrons. The molecule has 0 aliphatic carbocycles. The average molecular weight is 380 g/mol. The Morgan fingerprint density at radius 1 is 1.04 bits per heavy atom. The van der Waals surface area contributed by atoms with Crippen LogP contribution in [0.4, 0.5) is 0 Å². The first-order chi connectivity index (χ1) is 13.2. The van der Waals surface area contributed by atoms with Gasteiger partial charge in [0, 0.05) is 22.3 Å². The first-order valence-corrected chi connectivity index (χ1v) is 9.38. The van der Waals surface area contributed by atoms with Crippen molar-refractivity contribution in [2.45, 2.75) is 39.7 Å². The summed E-state index contributed by atoms with van der Waals surface area (Å²) in [6.07, 6.45) is 6.76. The third kappa shape index (κ3) is 4.01. The number of phenols is 1. The van der Waals surface area contributed by atoms with Crippen molar-refractivity contribution in [2.75, 3.05) is 14.2 Å². The van der Waals surface area contributed by atoms with Crippen molar-refractivity contribution < 1.29 is 19.3 Å². The zero-order valence-electron chi connectivity index (χ0n) is 17.4. The number of fused-ring (bicyclic) bond motifs is 1. The van der Waals surface area contributed by atoms with Crippen LogP contribution in [0.3, 0.4) is 0 Å². The summed E-state index contributed by atoms with van der Waals surface area (Å²) in [7, 11) is 3.26. The van der Waals surface area contributed by atoms with Gasteiger partial charge in [-0.15, -0.1) is 0 Å². The molecule has 0 fully saturated rings. The summed E-state index contributed by atoms with van der Waals surface area (Å²) in [4.78, 5) is 0. The molecule has 1 aliphatic heterocycles. The number of rotatable bonds is 5. The van der Waals surface area contributed by atoms with Gasteiger partial charge in [0.15, 0.2) is 0 Å². The summed E-state index contributed by atoms with van der Waals surface area (Å²) < 4.78 is 17.3. The van der Waals surface area contributed by atoms with Crippen molar-refractivity contribution in [2.24, 2.45) is 0 Å². The van der Waals surface area contributed by atoms with E-state index in [1.807, 2.05) is 64.1 Å². The summed E-state index contributed by atoms with van der Waals surface area (Å²) in [5.74, 6) is 2.34. The highest BCUT2D eigenvalue weighted by molar-refractivity contribution is 5.84. The lowest BCUT2D eigenvalue weighted by molar-refractivity contribution is 0.159. The Kier molecular flexibility index (Phi) is 5.41. The van der Waals surface area contributed by atoms with Gasteiger partial charge in [-0.1, -0.05) is 17.7 Å². The quantitative estimate of drug-likeness (QED) is 0.669. The molecule has 2 aromatic rings. The highest BCUT2D eigenvalue weighted by atomic mass is 16.5. The van der Waals surface area contributed by atoms with Crippen LogP contribution in [0, 0.1) is 0 Å². The number of aromatic hydroxyl groups is 1. The number of hydrogen-bond donors (Lipinski definition) is 1. The SMILES string of the molecule is COc1cc(CC=C(C)C)c(O)c(-c2cc(OC)cc3c2OC(C)(C)C=C3)c1. The van der Waals surface area contributed by atoms with Gasteiger partial charge in [-0.05, 0) is 64.5 Å². The van der Waals surface area contributed by atoms with Gasteiger partial charge in [0.25, 0.3) is 0 Å². The Hall–Kier alpha value is -2.88. The second kappa shape index (κ2) is 7.63. The minimum Gasteiger partial charge on any atom is -0.507 e. The maximum absolute atomic E-state index is 11.1. The van der Waals surface area contributed by atoms with E-state index in [1.54, 1.807) is 14.2 Å². The zero-order valence-corrected chi connectivity index (χ0v) is 17.4. The molecule has 0 unspecified atom stereocenters. The summed E-state index contributed by atoms with van der Waals surface area (Å²) in [5.41, 5.74) is 3.92. The fraction of sp³-hybridized carbons (Fsp3) is 0.333. The van der Waals surface area contributed by atoms with E-state index in [0.717, 1.165) is 22.4 Å². The van der Waals surface area contributed by atoms with Gasteiger partial charge >= 0.3 is 0 Å². The van der Waals surface area contributed by atoms with Gasteiger partial charge in [-0.3, -0.25) is 0 Å². The zero-order chi connectivity index (χ0) is 20.5. The minimum absolute atomic E-state index is 0.227. The molecule has 0 atom stereocenters. The third-order valence-corrected chi connectivity index (χ3v) is 4.77. The molecule has 0 saturated heterocycles. The molecular weight excluding hydrogens is 352 g/mol. The van der Waals surface area contributed by atoms with E-state index in [4.69, 9.17) is 14.2 Å². The van der Waals surface area contributed by atoms with E-state index < -0.39 is 5.60 Å². The van der Waals surface area contributed by atoms with Gasteiger partial charge in [0.2, 0.25) is 0 Å². The van der Waals surface area contributed by atoms with E-state index in [9.17, 15) is 5.11 Å². The molecule has 0 amide bonds. The highest BCUT2D eigenvalue weighted by Crippen LogP contribution is 2.46. The molecule has 148 valence electrons. The fourth-order valence-corrected chi connectivity index (χ4v) is 3.23. The molecule has 1 aliphatic rings. The predicted octanol–water partition coefficient (Wildman–Crippen LogP) is 5.77. The number of hydrogen-bond acceptors (Lipinski definition) is 4. The van der Waals surface area contributed by atoms with Crippen molar-refractivity contribution >= 4 is 6.08 Å². The molecule has 0 spiro atoms. The van der Waals surface area contributed by atoms with E-state index in [1.165, 1.54) is 5.57 Å². The second-order valence-electron chi connectivity index (χ2n) is 7.80. The molecule has 1 N–H and O–H groups in total. The monoisotopic (exact) mass is 380 g/mol. The molecule has 1 heterocycles. The Bertz CT molecular complexity index is 948. The Labute approximate surface area is 167 Å². The summed E-state index contributed by atoms with van der Waals surface area (Å²) >= 11 is 0. The lowest BCUT2D eigenvalue weighted by Crippen LogP contribution is -2.27. The fourth-order valence-electron chi connectivity index (χ4n) is 3.23. The van der Waals surface area contributed by atoms with Crippen molar-refractivity contribution in [3.8, 4) is 34.1 Å². The molecule has 0 saturated carbocycles. The topological polar surface area (TPSA) is 47.9 Å². The van der Waals surface area contributed by atoms with E-state index in [0.29, 0.717) is 23.5 Å². The van der Waals surface area contributed by atoms with Crippen molar-refractivity contribution in [1.82, 2.24) is 0 Å².